The third kappa shape index (κ3) is 3.63. The Hall–Kier alpha value is -3.40. The molecule has 1 heterocycles. The molecule has 156 valence electrons. The molecule has 1 aliphatic carbocycles. The second kappa shape index (κ2) is 7.69. The quantitative estimate of drug-likeness (QED) is 0.471. The summed E-state index contributed by atoms with van der Waals surface area (Å²) >= 11 is 0. The largest absolute Gasteiger partial charge is 0.465 e. The summed E-state index contributed by atoms with van der Waals surface area (Å²) in [6, 6.07) is 21.9. The van der Waals surface area contributed by atoms with E-state index in [1.165, 1.54) is 0 Å². The van der Waals surface area contributed by atoms with Gasteiger partial charge in [0.15, 0.2) is 0 Å². The van der Waals surface area contributed by atoms with Gasteiger partial charge in [-0.3, -0.25) is 9.59 Å². The molecule has 0 spiro atoms. The summed E-state index contributed by atoms with van der Waals surface area (Å²) in [5.41, 5.74) is 3.52. The summed E-state index contributed by atoms with van der Waals surface area (Å²) in [6.07, 6.45) is 2.55. The lowest BCUT2D eigenvalue weighted by molar-refractivity contribution is -0.146. The topological polar surface area (TPSA) is 55.4 Å². The fourth-order valence-electron chi connectivity index (χ4n) is 5.16. The van der Waals surface area contributed by atoms with E-state index >= 15 is 0 Å². The monoisotopic (exact) mass is 411 g/mol. The number of benzene rings is 3. The number of nitrogens with one attached hydrogen (secondary N) is 1. The van der Waals surface area contributed by atoms with Crippen molar-refractivity contribution in [1.29, 1.82) is 0 Å². The Morgan fingerprint density at radius 2 is 1.84 bits per heavy atom. The molecule has 1 saturated heterocycles. The van der Waals surface area contributed by atoms with Crippen molar-refractivity contribution in [1.82, 2.24) is 0 Å². The molecule has 3 aromatic rings. The molecule has 2 aliphatic rings. The first-order valence-corrected chi connectivity index (χ1v) is 10.7. The molecule has 0 bridgehead atoms. The first-order valence-electron chi connectivity index (χ1n) is 10.7. The average Bonchev–Trinajstić information content (AvgIpc) is 3.23. The Morgan fingerprint density at radius 1 is 1.06 bits per heavy atom. The van der Waals surface area contributed by atoms with Crippen LogP contribution in [0.4, 0.5) is 5.69 Å². The summed E-state index contributed by atoms with van der Waals surface area (Å²) in [5.74, 6) is 0.0883. The molecular formula is C27H25NO3. The highest BCUT2D eigenvalue weighted by Gasteiger charge is 2.55. The molecule has 3 aromatic carbocycles. The predicted octanol–water partition coefficient (Wildman–Crippen LogP) is 5.07. The van der Waals surface area contributed by atoms with E-state index in [-0.39, 0.29) is 17.8 Å². The van der Waals surface area contributed by atoms with Gasteiger partial charge >= 0.3 is 5.97 Å². The van der Waals surface area contributed by atoms with E-state index in [4.69, 9.17) is 4.74 Å². The minimum atomic E-state index is -0.462. The van der Waals surface area contributed by atoms with Gasteiger partial charge in [0.2, 0.25) is 5.91 Å². The Morgan fingerprint density at radius 3 is 2.68 bits per heavy atom. The number of rotatable bonds is 5. The zero-order valence-corrected chi connectivity index (χ0v) is 17.4. The number of esters is 1. The number of hydrogen-bond acceptors (Lipinski definition) is 3. The maximum atomic E-state index is 12.6. The standard InChI is InChI=1S/C27H25NO3/c1-18-13-22-17-31-26(30)27(22,15-18)16-19-9-11-23(12-10-19)28-25(29)14-21-7-4-6-20-5-2-3-8-24(20)21/h2-12,22H,1,13-17H2,(H,28,29). The molecule has 4 nitrogen and oxygen atoms in total. The number of cyclic esters (lactones) is 1. The third-order valence-corrected chi connectivity index (χ3v) is 6.69. The zero-order chi connectivity index (χ0) is 21.4. The zero-order valence-electron chi connectivity index (χ0n) is 17.4. The SMILES string of the molecule is C=C1CC2COC(=O)C2(Cc2ccc(NC(=O)Cc3cccc4ccccc34)cc2)C1. The van der Waals surface area contributed by atoms with Gasteiger partial charge in [0, 0.05) is 11.6 Å². The van der Waals surface area contributed by atoms with Gasteiger partial charge in [-0.05, 0) is 53.3 Å². The number of anilines is 1. The molecule has 4 heteroatoms. The Labute approximate surface area is 181 Å². The average molecular weight is 412 g/mol. The number of allylic oxidation sites excluding steroid dienone is 1. The van der Waals surface area contributed by atoms with Crippen molar-refractivity contribution in [2.45, 2.75) is 25.7 Å². The molecule has 2 fully saturated rings. The molecule has 2 atom stereocenters. The first kappa shape index (κ1) is 19.6. The second-order valence-electron chi connectivity index (χ2n) is 8.82. The van der Waals surface area contributed by atoms with Crippen molar-refractivity contribution in [2.75, 3.05) is 11.9 Å². The molecule has 2 unspecified atom stereocenters. The maximum Gasteiger partial charge on any atom is 0.313 e. The molecule has 0 aromatic heterocycles. The minimum absolute atomic E-state index is 0.0470. The van der Waals surface area contributed by atoms with E-state index < -0.39 is 5.41 Å². The summed E-state index contributed by atoms with van der Waals surface area (Å²) < 4.78 is 5.37. The number of hydrogen-bond donors (Lipinski definition) is 1. The van der Waals surface area contributed by atoms with Crippen LogP contribution in [0.5, 0.6) is 0 Å². The fraction of sp³-hybridized carbons (Fsp3) is 0.259. The molecular weight excluding hydrogens is 386 g/mol. The molecule has 0 radical (unpaired) electrons. The van der Waals surface area contributed by atoms with Gasteiger partial charge in [-0.15, -0.1) is 0 Å². The Bertz CT molecular complexity index is 1180. The lowest BCUT2D eigenvalue weighted by atomic mass is 9.75. The summed E-state index contributed by atoms with van der Waals surface area (Å²) in [6.45, 7) is 4.60. The van der Waals surface area contributed by atoms with E-state index in [0.717, 1.165) is 39.6 Å². The van der Waals surface area contributed by atoms with Gasteiger partial charge in [-0.1, -0.05) is 66.7 Å². The number of amides is 1. The highest BCUT2D eigenvalue weighted by molar-refractivity contribution is 5.96. The highest BCUT2D eigenvalue weighted by Crippen LogP contribution is 2.52. The predicted molar refractivity (Wildman–Crippen MR) is 122 cm³/mol. The van der Waals surface area contributed by atoms with Crippen LogP contribution in [-0.2, 0) is 27.2 Å². The van der Waals surface area contributed by atoms with Crippen LogP contribution in [-0.4, -0.2) is 18.5 Å². The van der Waals surface area contributed by atoms with Crippen molar-refractivity contribution in [2.24, 2.45) is 11.3 Å². The third-order valence-electron chi connectivity index (χ3n) is 6.69. The van der Waals surface area contributed by atoms with E-state index in [2.05, 4.69) is 24.0 Å². The lowest BCUT2D eigenvalue weighted by Gasteiger charge is -2.24. The molecule has 31 heavy (non-hydrogen) atoms. The summed E-state index contributed by atoms with van der Waals surface area (Å²) in [4.78, 5) is 25.1. The molecule has 1 amide bonds. The smallest absolute Gasteiger partial charge is 0.313 e. The van der Waals surface area contributed by atoms with Crippen LogP contribution in [0.1, 0.15) is 24.0 Å². The number of carbonyl (C=O) groups excluding carboxylic acids is 2. The van der Waals surface area contributed by atoms with Gasteiger partial charge in [-0.25, -0.2) is 0 Å². The lowest BCUT2D eigenvalue weighted by Crippen LogP contribution is -2.31. The van der Waals surface area contributed by atoms with Crippen molar-refractivity contribution in [3.05, 3.63) is 90.0 Å². The van der Waals surface area contributed by atoms with Gasteiger partial charge in [0.25, 0.3) is 0 Å². The van der Waals surface area contributed by atoms with Crippen LogP contribution in [0, 0.1) is 11.3 Å². The van der Waals surface area contributed by atoms with Crippen LogP contribution in [0.25, 0.3) is 10.8 Å². The van der Waals surface area contributed by atoms with Crippen molar-refractivity contribution in [3.63, 3.8) is 0 Å². The van der Waals surface area contributed by atoms with Gasteiger partial charge in [-0.2, -0.15) is 0 Å². The highest BCUT2D eigenvalue weighted by atomic mass is 16.5. The van der Waals surface area contributed by atoms with Crippen LogP contribution in [0.3, 0.4) is 0 Å². The van der Waals surface area contributed by atoms with E-state index in [1.807, 2.05) is 54.6 Å². The Kier molecular flexibility index (Phi) is 4.85. The van der Waals surface area contributed by atoms with Gasteiger partial charge < -0.3 is 10.1 Å². The number of fused-ring (bicyclic) bond motifs is 2. The van der Waals surface area contributed by atoms with Crippen molar-refractivity contribution < 1.29 is 14.3 Å². The van der Waals surface area contributed by atoms with Crippen molar-refractivity contribution in [3.8, 4) is 0 Å². The van der Waals surface area contributed by atoms with Crippen LogP contribution < -0.4 is 5.32 Å². The van der Waals surface area contributed by atoms with Crippen LogP contribution in [0.2, 0.25) is 0 Å². The van der Waals surface area contributed by atoms with E-state index in [9.17, 15) is 9.59 Å². The maximum absolute atomic E-state index is 12.6. The molecule has 1 N–H and O–H groups in total. The first-order chi connectivity index (χ1) is 15.0. The second-order valence-corrected chi connectivity index (χ2v) is 8.82. The van der Waals surface area contributed by atoms with E-state index in [0.29, 0.717) is 25.9 Å². The molecule has 1 aliphatic heterocycles. The summed E-state index contributed by atoms with van der Waals surface area (Å²) in [5, 5.41) is 5.23. The van der Waals surface area contributed by atoms with Gasteiger partial charge in [0.1, 0.15) is 0 Å². The van der Waals surface area contributed by atoms with Crippen LogP contribution >= 0.6 is 0 Å². The fourth-order valence-corrected chi connectivity index (χ4v) is 5.16. The minimum Gasteiger partial charge on any atom is -0.465 e. The van der Waals surface area contributed by atoms with E-state index in [1.54, 1.807) is 0 Å². The van der Waals surface area contributed by atoms with Crippen LogP contribution in [0.15, 0.2) is 78.9 Å². The summed E-state index contributed by atoms with van der Waals surface area (Å²) in [7, 11) is 0. The normalized spacial score (nSPS) is 22.4. The Balaban J connectivity index is 1.27. The van der Waals surface area contributed by atoms with Crippen molar-refractivity contribution >= 4 is 28.3 Å². The van der Waals surface area contributed by atoms with Gasteiger partial charge in [0.05, 0.1) is 18.4 Å². The molecule has 1 saturated carbocycles. The number of carbonyl (C=O) groups is 2. The molecule has 5 rings (SSSR count). The number of ether oxygens (including phenoxy) is 1.